The Balaban J connectivity index is 2.07. The molecule has 2 aromatic rings. The maximum Gasteiger partial charge on any atom is 0.129 e. The van der Waals surface area contributed by atoms with Gasteiger partial charge in [-0.3, -0.25) is 4.98 Å². The predicted octanol–water partition coefficient (Wildman–Crippen LogP) is 2.11. The van der Waals surface area contributed by atoms with Crippen LogP contribution in [0.5, 0.6) is 0 Å². The van der Waals surface area contributed by atoms with Crippen LogP contribution in [0.25, 0.3) is 11.3 Å². The second kappa shape index (κ2) is 3.35. The summed E-state index contributed by atoms with van der Waals surface area (Å²) in [6, 6.07) is 8.09. The fourth-order valence-corrected chi connectivity index (χ4v) is 1.85. The number of anilines is 1. The quantitative estimate of drug-likeness (QED) is 0.760. The van der Waals surface area contributed by atoms with Crippen LogP contribution in [0.3, 0.4) is 0 Å². The minimum absolute atomic E-state index is 0.986. The number of pyridine rings is 2. The third-order valence-electron chi connectivity index (χ3n) is 2.61. The number of nitrogens with zero attached hydrogens (tertiary/aromatic N) is 2. The molecular weight excluding hydrogens is 186 g/mol. The van der Waals surface area contributed by atoms with Crippen LogP contribution in [0.15, 0.2) is 36.7 Å². The summed E-state index contributed by atoms with van der Waals surface area (Å²) in [5.74, 6) is 1.02. The van der Waals surface area contributed by atoms with Gasteiger partial charge in [-0.05, 0) is 30.2 Å². The van der Waals surface area contributed by atoms with Crippen molar-refractivity contribution in [2.75, 3.05) is 11.9 Å². The highest BCUT2D eigenvalue weighted by Gasteiger charge is 2.12. The molecule has 15 heavy (non-hydrogen) atoms. The average Bonchev–Trinajstić information content (AvgIpc) is 2.77. The van der Waals surface area contributed by atoms with Crippen LogP contribution in [0.4, 0.5) is 5.82 Å². The Morgan fingerprint density at radius 2 is 2.20 bits per heavy atom. The van der Waals surface area contributed by atoms with E-state index in [1.54, 1.807) is 6.20 Å². The highest BCUT2D eigenvalue weighted by molar-refractivity contribution is 5.63. The Bertz CT molecular complexity index is 479. The lowest BCUT2D eigenvalue weighted by Gasteiger charge is -2.02. The van der Waals surface area contributed by atoms with E-state index in [2.05, 4.69) is 21.4 Å². The van der Waals surface area contributed by atoms with Gasteiger partial charge in [-0.25, -0.2) is 4.98 Å². The summed E-state index contributed by atoms with van der Waals surface area (Å²) >= 11 is 0. The van der Waals surface area contributed by atoms with Gasteiger partial charge in [0.05, 0.1) is 5.69 Å². The van der Waals surface area contributed by atoms with Gasteiger partial charge in [-0.2, -0.15) is 0 Å². The van der Waals surface area contributed by atoms with Crippen LogP contribution in [0, 0.1) is 0 Å². The second-order valence-electron chi connectivity index (χ2n) is 3.62. The third kappa shape index (κ3) is 1.46. The van der Waals surface area contributed by atoms with Gasteiger partial charge in [0.25, 0.3) is 0 Å². The number of hydrogen-bond acceptors (Lipinski definition) is 3. The van der Waals surface area contributed by atoms with Gasteiger partial charge in [-0.15, -0.1) is 0 Å². The molecule has 3 rings (SSSR count). The Kier molecular flexibility index (Phi) is 1.88. The van der Waals surface area contributed by atoms with E-state index in [0.717, 1.165) is 30.0 Å². The standard InChI is InChI=1S/C12H11N3/c1-2-5-13-11(3-1)10-7-9-4-6-14-12(9)15-8-10/h1-3,5,7-8H,4,6H2,(H,14,15). The van der Waals surface area contributed by atoms with E-state index >= 15 is 0 Å². The van der Waals surface area contributed by atoms with Crippen LogP contribution in [-0.2, 0) is 6.42 Å². The minimum atomic E-state index is 0.986. The number of fused-ring (bicyclic) bond motifs is 1. The largest absolute Gasteiger partial charge is 0.370 e. The zero-order chi connectivity index (χ0) is 10.1. The molecule has 0 amide bonds. The molecule has 1 N–H and O–H groups in total. The molecule has 74 valence electrons. The molecule has 3 heterocycles. The molecule has 0 saturated heterocycles. The molecule has 0 bridgehead atoms. The van der Waals surface area contributed by atoms with Gasteiger partial charge in [0, 0.05) is 24.5 Å². The zero-order valence-electron chi connectivity index (χ0n) is 8.27. The molecule has 0 fully saturated rings. The first-order valence-corrected chi connectivity index (χ1v) is 5.08. The van der Waals surface area contributed by atoms with Gasteiger partial charge < -0.3 is 5.32 Å². The summed E-state index contributed by atoms with van der Waals surface area (Å²) in [4.78, 5) is 8.70. The molecule has 0 spiro atoms. The molecule has 1 aliphatic rings. The van der Waals surface area contributed by atoms with Crippen LogP contribution in [0.1, 0.15) is 5.56 Å². The van der Waals surface area contributed by atoms with E-state index in [-0.39, 0.29) is 0 Å². The topological polar surface area (TPSA) is 37.8 Å². The van der Waals surface area contributed by atoms with Crippen molar-refractivity contribution in [1.82, 2.24) is 9.97 Å². The molecule has 3 heteroatoms. The van der Waals surface area contributed by atoms with Crippen LogP contribution in [0.2, 0.25) is 0 Å². The second-order valence-corrected chi connectivity index (χ2v) is 3.62. The van der Waals surface area contributed by atoms with E-state index in [1.165, 1.54) is 5.56 Å². The lowest BCUT2D eigenvalue weighted by atomic mass is 10.1. The predicted molar refractivity (Wildman–Crippen MR) is 59.7 cm³/mol. The fraction of sp³-hybridized carbons (Fsp3) is 0.167. The van der Waals surface area contributed by atoms with Crippen molar-refractivity contribution >= 4 is 5.82 Å². The summed E-state index contributed by atoms with van der Waals surface area (Å²) < 4.78 is 0. The molecule has 0 radical (unpaired) electrons. The van der Waals surface area contributed by atoms with Crippen LogP contribution in [-0.4, -0.2) is 16.5 Å². The molecule has 0 aromatic carbocycles. The summed E-state index contributed by atoms with van der Waals surface area (Å²) in [5.41, 5.74) is 3.37. The van der Waals surface area contributed by atoms with Crippen molar-refractivity contribution in [3.8, 4) is 11.3 Å². The van der Waals surface area contributed by atoms with Gasteiger partial charge in [0.1, 0.15) is 5.82 Å². The third-order valence-corrected chi connectivity index (χ3v) is 2.61. The van der Waals surface area contributed by atoms with E-state index in [1.807, 2.05) is 24.4 Å². The van der Waals surface area contributed by atoms with E-state index in [4.69, 9.17) is 0 Å². The van der Waals surface area contributed by atoms with Crippen molar-refractivity contribution in [1.29, 1.82) is 0 Å². The first-order valence-electron chi connectivity index (χ1n) is 5.08. The Morgan fingerprint density at radius 3 is 3.07 bits per heavy atom. The first kappa shape index (κ1) is 8.41. The molecule has 0 unspecified atom stereocenters. The van der Waals surface area contributed by atoms with E-state index in [9.17, 15) is 0 Å². The van der Waals surface area contributed by atoms with Crippen molar-refractivity contribution in [3.63, 3.8) is 0 Å². The summed E-state index contributed by atoms with van der Waals surface area (Å²) in [5, 5.41) is 3.25. The lowest BCUT2D eigenvalue weighted by Crippen LogP contribution is -1.92. The lowest BCUT2D eigenvalue weighted by molar-refractivity contribution is 1.11. The van der Waals surface area contributed by atoms with Gasteiger partial charge in [0.2, 0.25) is 0 Å². The SMILES string of the molecule is c1ccc(-c2cnc3c(c2)CCN3)nc1. The zero-order valence-corrected chi connectivity index (χ0v) is 8.27. The smallest absolute Gasteiger partial charge is 0.129 e. The minimum Gasteiger partial charge on any atom is -0.370 e. The van der Waals surface area contributed by atoms with E-state index < -0.39 is 0 Å². The van der Waals surface area contributed by atoms with Crippen molar-refractivity contribution in [2.24, 2.45) is 0 Å². The summed E-state index contributed by atoms with van der Waals surface area (Å²) in [6.07, 6.45) is 4.74. The van der Waals surface area contributed by atoms with Gasteiger partial charge in [-0.1, -0.05) is 6.07 Å². The maximum atomic E-state index is 4.38. The average molecular weight is 197 g/mol. The molecule has 0 aliphatic carbocycles. The number of hydrogen-bond donors (Lipinski definition) is 1. The van der Waals surface area contributed by atoms with Gasteiger partial charge in [0.15, 0.2) is 0 Å². The fourth-order valence-electron chi connectivity index (χ4n) is 1.85. The summed E-state index contributed by atoms with van der Waals surface area (Å²) in [7, 11) is 0. The highest BCUT2D eigenvalue weighted by atomic mass is 15.0. The van der Waals surface area contributed by atoms with E-state index in [0.29, 0.717) is 0 Å². The Hall–Kier alpha value is -1.90. The van der Waals surface area contributed by atoms with Crippen molar-refractivity contribution in [3.05, 3.63) is 42.2 Å². The monoisotopic (exact) mass is 197 g/mol. The first-order chi connectivity index (χ1) is 7.43. The molecule has 0 saturated carbocycles. The van der Waals surface area contributed by atoms with Crippen LogP contribution < -0.4 is 5.32 Å². The maximum absolute atomic E-state index is 4.38. The highest BCUT2D eigenvalue weighted by Crippen LogP contribution is 2.24. The molecule has 0 atom stereocenters. The molecule has 1 aliphatic heterocycles. The molecular formula is C12H11N3. The molecule has 2 aromatic heterocycles. The number of nitrogens with one attached hydrogen (secondary N) is 1. The number of aromatic nitrogens is 2. The van der Waals surface area contributed by atoms with Crippen molar-refractivity contribution in [2.45, 2.75) is 6.42 Å². The molecule has 3 nitrogen and oxygen atoms in total. The van der Waals surface area contributed by atoms with Crippen molar-refractivity contribution < 1.29 is 0 Å². The Labute approximate surface area is 88.2 Å². The van der Waals surface area contributed by atoms with Crippen LogP contribution >= 0.6 is 0 Å². The van der Waals surface area contributed by atoms with Gasteiger partial charge >= 0.3 is 0 Å². The number of rotatable bonds is 1. The summed E-state index contributed by atoms with van der Waals surface area (Å²) in [6.45, 7) is 0.994. The normalized spacial score (nSPS) is 13.3. The Morgan fingerprint density at radius 1 is 1.20 bits per heavy atom.